The summed E-state index contributed by atoms with van der Waals surface area (Å²) in [6.07, 6.45) is 3.37. The molecule has 4 nitrogen and oxygen atoms in total. The lowest BCUT2D eigenvalue weighted by molar-refractivity contribution is 0.183. The first-order chi connectivity index (χ1) is 6.29. The molecule has 1 heterocycles. The number of anilines is 1. The van der Waals surface area contributed by atoms with Gasteiger partial charge in [0.1, 0.15) is 5.82 Å². The number of aromatic nitrogens is 2. The second-order valence-electron chi connectivity index (χ2n) is 2.90. The van der Waals surface area contributed by atoms with Crippen LogP contribution < -0.4 is 5.32 Å². The fraction of sp³-hybridized carbons (Fsp3) is 0.556. The number of nitrogens with zero attached hydrogens (tertiary/aromatic N) is 2. The number of nitrogens with one attached hydrogen (secondary N) is 1. The molecule has 1 atom stereocenters. The Morgan fingerprint density at radius 1 is 1.46 bits per heavy atom. The van der Waals surface area contributed by atoms with Gasteiger partial charge >= 0.3 is 0 Å². The topological polar surface area (TPSA) is 47.0 Å². The highest BCUT2D eigenvalue weighted by atomic mass is 16.5. The average Bonchev–Trinajstić information content (AvgIpc) is 2.18. The molecule has 1 aromatic heterocycles. The van der Waals surface area contributed by atoms with Crippen LogP contribution in [0.1, 0.15) is 18.5 Å². The molecule has 0 radical (unpaired) electrons. The van der Waals surface area contributed by atoms with E-state index in [9.17, 15) is 0 Å². The van der Waals surface area contributed by atoms with Crippen LogP contribution in [0, 0.1) is 0 Å². The number of hydrogen-bond donors (Lipinski definition) is 1. The highest BCUT2D eigenvalue weighted by Crippen LogP contribution is 2.18. The van der Waals surface area contributed by atoms with E-state index < -0.39 is 0 Å². The number of methoxy groups -OCH3 is 1. The van der Waals surface area contributed by atoms with Gasteiger partial charge in [-0.05, 0) is 0 Å². The molecule has 0 spiro atoms. The van der Waals surface area contributed by atoms with Crippen LogP contribution in [0.4, 0.5) is 5.82 Å². The van der Waals surface area contributed by atoms with Crippen molar-refractivity contribution < 1.29 is 4.74 Å². The molecular formula is C9H15N3O. The van der Waals surface area contributed by atoms with Crippen LogP contribution >= 0.6 is 0 Å². The standard InChI is InChI=1S/C9H15N3O/c1-7(6-13-3)8-9(10-2)12-5-4-11-8/h4-5,7H,6H2,1-3H3,(H,10,12). The van der Waals surface area contributed by atoms with Crippen molar-refractivity contribution in [1.29, 1.82) is 0 Å². The first kappa shape index (κ1) is 9.92. The van der Waals surface area contributed by atoms with Crippen molar-refractivity contribution in [2.45, 2.75) is 12.8 Å². The maximum absolute atomic E-state index is 5.06. The van der Waals surface area contributed by atoms with E-state index in [4.69, 9.17) is 4.74 Å². The molecule has 0 saturated heterocycles. The Kier molecular flexibility index (Phi) is 3.64. The van der Waals surface area contributed by atoms with E-state index in [1.54, 1.807) is 19.5 Å². The SMILES string of the molecule is CNc1nccnc1C(C)COC. The van der Waals surface area contributed by atoms with E-state index in [0.29, 0.717) is 6.61 Å². The van der Waals surface area contributed by atoms with Gasteiger partial charge in [-0.25, -0.2) is 4.98 Å². The van der Waals surface area contributed by atoms with Crippen LogP contribution in [0.5, 0.6) is 0 Å². The number of rotatable bonds is 4. The van der Waals surface area contributed by atoms with E-state index in [1.807, 2.05) is 7.05 Å². The van der Waals surface area contributed by atoms with Crippen molar-refractivity contribution in [3.8, 4) is 0 Å². The van der Waals surface area contributed by atoms with E-state index in [-0.39, 0.29) is 5.92 Å². The third-order valence-electron chi connectivity index (χ3n) is 1.85. The second kappa shape index (κ2) is 4.77. The van der Waals surface area contributed by atoms with Gasteiger partial charge in [-0.15, -0.1) is 0 Å². The van der Waals surface area contributed by atoms with Crippen molar-refractivity contribution in [2.24, 2.45) is 0 Å². The molecule has 72 valence electrons. The van der Waals surface area contributed by atoms with Crippen LogP contribution in [0.3, 0.4) is 0 Å². The average molecular weight is 181 g/mol. The molecule has 4 heteroatoms. The second-order valence-corrected chi connectivity index (χ2v) is 2.90. The van der Waals surface area contributed by atoms with Crippen LogP contribution in [0.25, 0.3) is 0 Å². The van der Waals surface area contributed by atoms with E-state index in [2.05, 4.69) is 22.2 Å². The zero-order chi connectivity index (χ0) is 9.68. The summed E-state index contributed by atoms with van der Waals surface area (Å²) in [6.45, 7) is 2.72. The summed E-state index contributed by atoms with van der Waals surface area (Å²) < 4.78 is 5.06. The third-order valence-corrected chi connectivity index (χ3v) is 1.85. The van der Waals surface area contributed by atoms with Gasteiger partial charge in [0.2, 0.25) is 0 Å². The molecule has 0 aromatic carbocycles. The molecule has 1 aromatic rings. The molecule has 1 unspecified atom stereocenters. The fourth-order valence-electron chi connectivity index (χ4n) is 1.23. The molecule has 0 fully saturated rings. The smallest absolute Gasteiger partial charge is 0.147 e. The molecule has 0 saturated carbocycles. The van der Waals surface area contributed by atoms with Crippen LogP contribution in [-0.4, -0.2) is 30.7 Å². The molecular weight excluding hydrogens is 166 g/mol. The van der Waals surface area contributed by atoms with Gasteiger partial charge in [0.05, 0.1) is 12.3 Å². The van der Waals surface area contributed by atoms with Crippen LogP contribution in [0.2, 0.25) is 0 Å². The lowest BCUT2D eigenvalue weighted by Crippen LogP contribution is -2.08. The lowest BCUT2D eigenvalue weighted by atomic mass is 10.1. The van der Waals surface area contributed by atoms with Crippen molar-refractivity contribution in [3.63, 3.8) is 0 Å². The quantitative estimate of drug-likeness (QED) is 0.759. The molecule has 1 rings (SSSR count). The molecule has 0 amide bonds. The van der Waals surface area contributed by atoms with Crippen molar-refractivity contribution in [3.05, 3.63) is 18.1 Å². The highest BCUT2D eigenvalue weighted by Gasteiger charge is 2.11. The van der Waals surface area contributed by atoms with Crippen LogP contribution in [0.15, 0.2) is 12.4 Å². The van der Waals surface area contributed by atoms with Crippen molar-refractivity contribution >= 4 is 5.82 Å². The Balaban J connectivity index is 2.85. The van der Waals surface area contributed by atoms with Gasteiger partial charge in [0.15, 0.2) is 0 Å². The summed E-state index contributed by atoms with van der Waals surface area (Å²) in [5.74, 6) is 1.09. The molecule has 0 bridgehead atoms. The maximum atomic E-state index is 5.06. The van der Waals surface area contributed by atoms with Crippen LogP contribution in [-0.2, 0) is 4.74 Å². The predicted octanol–water partition coefficient (Wildman–Crippen LogP) is 1.27. The largest absolute Gasteiger partial charge is 0.384 e. The molecule has 13 heavy (non-hydrogen) atoms. The molecule has 0 aliphatic carbocycles. The minimum atomic E-state index is 0.265. The first-order valence-electron chi connectivity index (χ1n) is 4.27. The summed E-state index contributed by atoms with van der Waals surface area (Å²) in [5, 5.41) is 3.01. The third kappa shape index (κ3) is 2.39. The molecule has 0 aliphatic heterocycles. The summed E-state index contributed by atoms with van der Waals surface area (Å²) in [7, 11) is 3.53. The maximum Gasteiger partial charge on any atom is 0.147 e. The summed E-state index contributed by atoms with van der Waals surface area (Å²) in [4.78, 5) is 8.43. The number of hydrogen-bond acceptors (Lipinski definition) is 4. The van der Waals surface area contributed by atoms with Gasteiger partial charge in [0, 0.05) is 32.5 Å². The number of ether oxygens (including phenoxy) is 1. The Hall–Kier alpha value is -1.16. The van der Waals surface area contributed by atoms with E-state index in [0.717, 1.165) is 11.5 Å². The van der Waals surface area contributed by atoms with Gasteiger partial charge in [0.25, 0.3) is 0 Å². The zero-order valence-corrected chi connectivity index (χ0v) is 8.24. The zero-order valence-electron chi connectivity index (χ0n) is 8.24. The van der Waals surface area contributed by atoms with Gasteiger partial charge < -0.3 is 10.1 Å². The Bertz CT molecular complexity index is 265. The summed E-state index contributed by atoms with van der Waals surface area (Å²) in [5.41, 5.74) is 0.951. The Morgan fingerprint density at radius 2 is 2.15 bits per heavy atom. The van der Waals surface area contributed by atoms with Crippen molar-refractivity contribution in [1.82, 2.24) is 9.97 Å². The minimum absolute atomic E-state index is 0.265. The van der Waals surface area contributed by atoms with Gasteiger partial charge in [-0.3, -0.25) is 4.98 Å². The first-order valence-corrected chi connectivity index (χ1v) is 4.27. The van der Waals surface area contributed by atoms with E-state index >= 15 is 0 Å². The monoisotopic (exact) mass is 181 g/mol. The fourth-order valence-corrected chi connectivity index (χ4v) is 1.23. The highest BCUT2D eigenvalue weighted by molar-refractivity contribution is 5.40. The normalized spacial score (nSPS) is 12.5. The van der Waals surface area contributed by atoms with Gasteiger partial charge in [-0.1, -0.05) is 6.92 Å². The predicted molar refractivity (Wildman–Crippen MR) is 51.9 cm³/mol. The van der Waals surface area contributed by atoms with Gasteiger partial charge in [-0.2, -0.15) is 0 Å². The lowest BCUT2D eigenvalue weighted by Gasteiger charge is -2.12. The summed E-state index contributed by atoms with van der Waals surface area (Å²) >= 11 is 0. The molecule has 1 N–H and O–H groups in total. The van der Waals surface area contributed by atoms with Crippen molar-refractivity contribution in [2.75, 3.05) is 26.1 Å². The van der Waals surface area contributed by atoms with E-state index in [1.165, 1.54) is 0 Å². The molecule has 0 aliphatic rings. The Labute approximate surface area is 78.4 Å². The summed E-state index contributed by atoms with van der Waals surface area (Å²) in [6, 6.07) is 0. The minimum Gasteiger partial charge on any atom is -0.384 e. The Morgan fingerprint density at radius 3 is 2.77 bits per heavy atom.